The SMILES string of the molecule is C.CCS(=O)(=O)N1CCc2c(cccc2NC(=O)NCCc2ccc(C)cc2)C1.COc1cccc(NC(=O)NCCc2ccc(C)cc2)c1.Cc1ccc(CCNC(=O)Nc2ccc(S(C)(=O)=O)cc2)cc1.Cc1ccc(CCNC(=O)Nc2cccc3c2CCN(C(=O)OC(C)(C)C)C3)cc1.Cc1ccc(NC(=O)NCCc2ccc(O)cc2)c(Cl)c1. The first kappa shape index (κ1) is 98.7. The van der Waals surface area contributed by atoms with E-state index in [0.717, 1.165) is 82.3 Å². The van der Waals surface area contributed by atoms with Crippen molar-refractivity contribution >= 4 is 96.1 Å². The molecule has 0 aliphatic carbocycles. The van der Waals surface area contributed by atoms with Gasteiger partial charge in [0.25, 0.3) is 0 Å². The van der Waals surface area contributed by atoms with Crippen LogP contribution in [-0.2, 0) is 82.6 Å². The van der Waals surface area contributed by atoms with E-state index in [-0.39, 0.29) is 60.1 Å². The number of halogens is 1. The number of phenols is 1. The van der Waals surface area contributed by atoms with Crippen LogP contribution in [0.5, 0.6) is 11.5 Å². The quantitative estimate of drug-likeness (QED) is 0.0268. The van der Waals surface area contributed by atoms with E-state index in [4.69, 9.17) is 21.1 Å². The molecule has 0 spiro atoms. The van der Waals surface area contributed by atoms with Gasteiger partial charge in [-0.25, -0.2) is 45.6 Å². The summed E-state index contributed by atoms with van der Waals surface area (Å²) in [6, 6.07) is 68.9. The van der Waals surface area contributed by atoms with Gasteiger partial charge in [0, 0.05) is 94.0 Å². The van der Waals surface area contributed by atoms with Crippen LogP contribution in [0, 0.1) is 34.6 Å². The molecule has 11 amide bonds. The van der Waals surface area contributed by atoms with Crippen LogP contribution in [0.4, 0.5) is 57.2 Å². The van der Waals surface area contributed by atoms with Crippen LogP contribution >= 0.6 is 11.6 Å². The highest BCUT2D eigenvalue weighted by Gasteiger charge is 2.29. The molecule has 12 rings (SSSR count). The summed E-state index contributed by atoms with van der Waals surface area (Å²) in [6.07, 6.45) is 5.91. The molecule has 0 saturated carbocycles. The van der Waals surface area contributed by atoms with E-state index in [1.807, 2.05) is 139 Å². The largest absolute Gasteiger partial charge is 0.508 e. The highest BCUT2D eigenvalue weighted by Crippen LogP contribution is 2.30. The zero-order valence-corrected chi connectivity index (χ0v) is 74.2. The van der Waals surface area contributed by atoms with Gasteiger partial charge in [0.1, 0.15) is 17.1 Å². The molecule has 0 fully saturated rings. The van der Waals surface area contributed by atoms with Crippen LogP contribution in [0.25, 0.3) is 0 Å². The minimum atomic E-state index is -3.22. The van der Waals surface area contributed by atoms with Gasteiger partial charge < -0.3 is 72.6 Å². The van der Waals surface area contributed by atoms with E-state index in [1.165, 1.54) is 55.4 Å². The molecule has 28 heteroatoms. The van der Waals surface area contributed by atoms with Crippen molar-refractivity contribution in [1.29, 1.82) is 0 Å². The molecule has 660 valence electrons. The molecule has 2 heterocycles. The highest BCUT2D eigenvalue weighted by molar-refractivity contribution is 7.90. The number of benzene rings is 10. The predicted octanol–water partition coefficient (Wildman–Crippen LogP) is 18.2. The standard InChI is InChI=1S/C24H31N3O3.C21H27N3O3S.C17H20N2O3S.C17H20N2O2.C16H17ClN2O2.CH4/c1-17-8-10-18(11-9-17)12-14-25-22(28)26-21-7-5-6-19-16-27(15-13-20(19)21)23(29)30-24(2,3)4;1-3-28(26,27)24-14-12-19-18(15-24)5-4-6-20(19)23-21(25)22-13-11-17-9-7-16(2)8-10-17;1-13-3-5-14(6-4-13)11-12-18-17(20)19-15-7-9-16(10-8-15)23(2,21)22;1-13-6-8-14(9-7-13)10-11-18-17(20)19-15-4-3-5-16(12-15)21-2;1-11-2-7-15(14(17)10-11)19-16(21)18-9-8-12-3-5-13(20)6-4-12;/h5-11H,12-16H2,1-4H3,(H2,25,26,28);4-10H,3,11-15H2,1-2H3,(H2,22,23,25);3-10H,11-12H2,1-2H3,(H2,18,19,20);3-9,12H,10-11H2,1-2H3,(H2,18,19,20);2-7,10,20H,8-9H2,1H3,(H2,18,19,21);1H4. The molecule has 0 aromatic heterocycles. The summed E-state index contributed by atoms with van der Waals surface area (Å²) in [5.41, 5.74) is 18.7. The number of carbonyl (C=O) groups is 6. The first-order valence-electron chi connectivity index (χ1n) is 40.8. The smallest absolute Gasteiger partial charge is 0.410 e. The van der Waals surface area contributed by atoms with E-state index in [9.17, 15) is 50.7 Å². The maximum Gasteiger partial charge on any atom is 0.410 e. The number of nitrogens with one attached hydrogen (secondary N) is 10. The number of aryl methyl sites for hydroxylation is 5. The van der Waals surface area contributed by atoms with Crippen molar-refractivity contribution in [3.63, 3.8) is 0 Å². The Hall–Kier alpha value is -12.4. The number of hydrogen-bond acceptors (Lipinski definition) is 13. The second-order valence-electron chi connectivity index (χ2n) is 30.8. The molecule has 11 N–H and O–H groups in total. The Morgan fingerprint density at radius 2 is 0.806 bits per heavy atom. The van der Waals surface area contributed by atoms with Gasteiger partial charge in [0.05, 0.1) is 28.5 Å². The average molecular weight is 1750 g/mol. The molecular weight excluding hydrogens is 1630 g/mol. The Bertz CT molecular complexity index is 5370. The van der Waals surface area contributed by atoms with Crippen LogP contribution in [-0.4, -0.2) is 138 Å². The maximum atomic E-state index is 12.4. The molecule has 0 atom stereocenters. The van der Waals surface area contributed by atoms with Crippen molar-refractivity contribution in [2.75, 3.05) is 91.5 Å². The number of amides is 11. The van der Waals surface area contributed by atoms with Gasteiger partial charge in [-0.3, -0.25) is 0 Å². The molecule has 10 aromatic rings. The maximum absolute atomic E-state index is 12.4. The fraction of sp³-hybridized carbons (Fsp3) is 0.312. The van der Waals surface area contributed by atoms with E-state index < -0.39 is 25.5 Å². The summed E-state index contributed by atoms with van der Waals surface area (Å²) in [5.74, 6) is 1.05. The summed E-state index contributed by atoms with van der Waals surface area (Å²) in [6.45, 7) is 22.0. The molecule has 2 aliphatic rings. The number of nitrogens with zero attached hydrogens (tertiary/aromatic N) is 2. The minimum Gasteiger partial charge on any atom is -0.508 e. The number of ether oxygens (including phenoxy) is 2. The summed E-state index contributed by atoms with van der Waals surface area (Å²) in [4.78, 5) is 74.3. The molecule has 0 bridgehead atoms. The first-order chi connectivity index (χ1) is 58.6. The van der Waals surface area contributed by atoms with Crippen LogP contribution in [0.15, 0.2) is 229 Å². The molecule has 0 radical (unpaired) electrons. The third-order valence-electron chi connectivity index (χ3n) is 19.6. The van der Waals surface area contributed by atoms with Gasteiger partial charge >= 0.3 is 36.2 Å². The molecule has 0 unspecified atom stereocenters. The van der Waals surface area contributed by atoms with Crippen LogP contribution in [0.3, 0.4) is 0 Å². The monoisotopic (exact) mass is 1750 g/mol. The van der Waals surface area contributed by atoms with Crippen molar-refractivity contribution in [2.45, 2.75) is 138 Å². The Balaban J connectivity index is 0.000000214. The number of aromatic hydroxyl groups is 1. The van der Waals surface area contributed by atoms with Gasteiger partial charge in [-0.05, 0) is 236 Å². The summed E-state index contributed by atoms with van der Waals surface area (Å²) in [5, 5.41) is 37.9. The number of hydrogen-bond donors (Lipinski definition) is 11. The molecule has 124 heavy (non-hydrogen) atoms. The fourth-order valence-corrected chi connectivity index (χ4v) is 14.7. The van der Waals surface area contributed by atoms with E-state index in [2.05, 4.69) is 140 Å². The van der Waals surface area contributed by atoms with Gasteiger partial charge in [-0.1, -0.05) is 187 Å². The summed E-state index contributed by atoms with van der Waals surface area (Å²) in [7, 11) is -4.83. The Morgan fingerprint density at radius 1 is 0.435 bits per heavy atom. The number of sulfonamides is 1. The lowest BCUT2D eigenvalue weighted by Crippen LogP contribution is -2.40. The van der Waals surface area contributed by atoms with E-state index >= 15 is 0 Å². The number of fused-ring (bicyclic) bond motifs is 2. The summed E-state index contributed by atoms with van der Waals surface area (Å²) < 4.78 is 59.1. The van der Waals surface area contributed by atoms with Gasteiger partial charge in [0.15, 0.2) is 9.84 Å². The van der Waals surface area contributed by atoms with Crippen molar-refractivity contribution < 1.29 is 60.2 Å². The molecular formula is C96H119ClN12O13S2. The second-order valence-corrected chi connectivity index (χ2v) is 35.5. The number of rotatable bonds is 24. The Labute approximate surface area is 736 Å². The normalized spacial score (nSPS) is 12.0. The van der Waals surface area contributed by atoms with Crippen molar-refractivity contribution in [2.24, 2.45) is 0 Å². The van der Waals surface area contributed by atoms with E-state index in [0.29, 0.717) is 106 Å². The zero-order valence-electron chi connectivity index (χ0n) is 71.8. The van der Waals surface area contributed by atoms with Crippen LogP contribution in [0.1, 0.15) is 113 Å². The van der Waals surface area contributed by atoms with Crippen LogP contribution in [0.2, 0.25) is 5.02 Å². The highest BCUT2D eigenvalue weighted by atomic mass is 35.5. The molecule has 2 aliphatic heterocycles. The number of anilines is 5. The van der Waals surface area contributed by atoms with Gasteiger partial charge in [-0.15, -0.1) is 0 Å². The number of urea groups is 5. The van der Waals surface area contributed by atoms with Gasteiger partial charge in [-0.2, -0.15) is 4.31 Å². The average Bonchev–Trinajstić information content (AvgIpc) is 0.825. The Kier molecular flexibility index (Phi) is 39.0. The predicted molar refractivity (Wildman–Crippen MR) is 499 cm³/mol. The third-order valence-corrected chi connectivity index (χ3v) is 22.8. The Morgan fingerprint density at radius 3 is 1.20 bits per heavy atom. The molecule has 10 aromatic carbocycles. The second kappa shape index (κ2) is 49.0. The van der Waals surface area contributed by atoms with Crippen molar-refractivity contribution in [3.8, 4) is 11.5 Å². The summed E-state index contributed by atoms with van der Waals surface area (Å²) >= 11 is 6.05. The third kappa shape index (κ3) is 34.8. The fourth-order valence-electron chi connectivity index (χ4n) is 12.7. The van der Waals surface area contributed by atoms with Crippen molar-refractivity contribution in [3.05, 3.63) is 307 Å². The lowest BCUT2D eigenvalue weighted by Gasteiger charge is -2.32. The number of phenolic OH excluding ortho intramolecular Hbond substituents is 1. The number of methoxy groups -OCH3 is 1. The zero-order chi connectivity index (χ0) is 89.1. The number of sulfone groups is 1. The van der Waals surface area contributed by atoms with Crippen LogP contribution < -0.4 is 57.9 Å². The topological polar surface area (TPSA) is 336 Å². The van der Waals surface area contributed by atoms with E-state index in [1.54, 1.807) is 61.4 Å². The molecule has 25 nitrogen and oxygen atoms in total. The first-order valence-corrected chi connectivity index (χ1v) is 44.7. The number of carbonyl (C=O) groups excluding carboxylic acids is 6. The minimum absolute atomic E-state index is 0. The lowest BCUT2D eigenvalue weighted by atomic mass is 9.98. The van der Waals surface area contributed by atoms with Crippen molar-refractivity contribution in [1.82, 2.24) is 35.8 Å². The molecule has 0 saturated heterocycles. The van der Waals surface area contributed by atoms with Gasteiger partial charge in [0.2, 0.25) is 10.0 Å². The lowest BCUT2D eigenvalue weighted by molar-refractivity contribution is 0.0223.